The molecule has 1 atom stereocenters. The lowest BCUT2D eigenvalue weighted by atomic mass is 10.1. The number of fused-ring (bicyclic) bond motifs is 1. The largest absolute Gasteiger partial charge is 0.344 e. The van der Waals surface area contributed by atoms with Crippen molar-refractivity contribution in [3.05, 3.63) is 75.4 Å². The molecule has 2 aromatic carbocycles. The van der Waals surface area contributed by atoms with E-state index in [0.717, 1.165) is 5.56 Å². The van der Waals surface area contributed by atoms with E-state index in [2.05, 4.69) is 25.6 Å². The maximum atomic E-state index is 12.5. The molecule has 9 heteroatoms. The predicted molar refractivity (Wildman–Crippen MR) is 101 cm³/mol. The van der Waals surface area contributed by atoms with Gasteiger partial charge in [-0.3, -0.25) is 4.79 Å². The number of imidazole rings is 1. The minimum absolute atomic E-state index is 0.179. The monoisotopic (exact) mass is 382 g/mol. The summed E-state index contributed by atoms with van der Waals surface area (Å²) in [7, 11) is 0. The average Bonchev–Trinajstić information content (AvgIpc) is 3.27. The number of carbonyl (C=O) groups excluding carboxylic acids is 1. The van der Waals surface area contributed by atoms with Crippen LogP contribution in [0.2, 0.25) is 5.02 Å². The number of halogens is 1. The van der Waals surface area contributed by atoms with Crippen LogP contribution in [-0.2, 0) is 0 Å². The number of benzene rings is 2. The normalized spacial score (nSPS) is 12.2. The van der Waals surface area contributed by atoms with E-state index in [1.807, 2.05) is 31.2 Å². The van der Waals surface area contributed by atoms with Gasteiger partial charge < -0.3 is 15.3 Å². The van der Waals surface area contributed by atoms with E-state index in [-0.39, 0.29) is 23.3 Å². The van der Waals surface area contributed by atoms with Crippen LogP contribution in [0, 0.1) is 0 Å². The van der Waals surface area contributed by atoms with Crippen LogP contribution in [0.4, 0.5) is 0 Å². The topological polar surface area (TPSA) is 108 Å². The maximum absolute atomic E-state index is 12.5. The first-order valence-electron chi connectivity index (χ1n) is 8.21. The molecule has 0 fully saturated rings. The van der Waals surface area contributed by atoms with Gasteiger partial charge in [0, 0.05) is 0 Å². The van der Waals surface area contributed by atoms with Crippen LogP contribution in [0.5, 0.6) is 0 Å². The van der Waals surface area contributed by atoms with Crippen molar-refractivity contribution in [3.8, 4) is 5.69 Å². The Bertz CT molecular complexity index is 1190. The Kier molecular flexibility index (Phi) is 4.25. The second-order valence-electron chi connectivity index (χ2n) is 6.08. The summed E-state index contributed by atoms with van der Waals surface area (Å²) in [6, 6.07) is 12.3. The summed E-state index contributed by atoms with van der Waals surface area (Å²) < 4.78 is 1.46. The zero-order chi connectivity index (χ0) is 19.0. The van der Waals surface area contributed by atoms with E-state index >= 15 is 0 Å². The number of carbonyl (C=O) groups is 1. The quantitative estimate of drug-likeness (QED) is 0.504. The molecule has 0 aliphatic carbocycles. The Morgan fingerprint density at radius 3 is 2.78 bits per heavy atom. The highest BCUT2D eigenvalue weighted by Crippen LogP contribution is 2.20. The lowest BCUT2D eigenvalue weighted by Crippen LogP contribution is -2.27. The highest BCUT2D eigenvalue weighted by Gasteiger charge is 2.16. The zero-order valence-corrected chi connectivity index (χ0v) is 15.0. The van der Waals surface area contributed by atoms with E-state index in [1.54, 1.807) is 18.2 Å². The third-order valence-corrected chi connectivity index (χ3v) is 4.53. The van der Waals surface area contributed by atoms with Crippen LogP contribution in [0.3, 0.4) is 0 Å². The molecule has 0 saturated heterocycles. The fourth-order valence-electron chi connectivity index (χ4n) is 2.80. The van der Waals surface area contributed by atoms with Crippen LogP contribution < -0.4 is 11.0 Å². The van der Waals surface area contributed by atoms with Gasteiger partial charge in [-0.15, -0.1) is 5.10 Å². The Balaban J connectivity index is 1.53. The number of nitrogens with one attached hydrogen (secondary N) is 3. The molecule has 4 aromatic rings. The number of para-hydroxylation sites is 1. The summed E-state index contributed by atoms with van der Waals surface area (Å²) in [4.78, 5) is 29.3. The second-order valence-corrected chi connectivity index (χ2v) is 6.49. The van der Waals surface area contributed by atoms with Crippen LogP contribution in [0.15, 0.2) is 53.5 Å². The third-order valence-electron chi connectivity index (χ3n) is 4.21. The number of aromatic amines is 2. The summed E-state index contributed by atoms with van der Waals surface area (Å²) in [6.07, 6.45) is 1.52. The fraction of sp³-hybridized carbons (Fsp3) is 0.111. The molecule has 136 valence electrons. The molecule has 2 aromatic heterocycles. The number of hydrogen-bond donors (Lipinski definition) is 3. The number of amides is 1. The number of rotatable bonds is 4. The molecule has 0 radical (unpaired) electrons. The Morgan fingerprint density at radius 2 is 1.96 bits per heavy atom. The van der Waals surface area contributed by atoms with Crippen molar-refractivity contribution in [2.24, 2.45) is 0 Å². The van der Waals surface area contributed by atoms with Gasteiger partial charge in [0.1, 0.15) is 0 Å². The molecular formula is C18H15ClN6O2. The standard InChI is InChI=1S/C18H15ClN6O2/c1-10(11-6-7-13-14(8-11)22-18(27)21-13)20-17(26)15-9-25(24-23-15)16-5-3-2-4-12(16)19/h2-10H,1H3,(H,20,26)(H2,21,22,27). The van der Waals surface area contributed by atoms with E-state index < -0.39 is 0 Å². The van der Waals surface area contributed by atoms with Crippen LogP contribution >= 0.6 is 11.6 Å². The SMILES string of the molecule is CC(NC(=O)c1cn(-c2ccccc2Cl)nn1)c1ccc2[nH]c(=O)[nH]c2c1. The van der Waals surface area contributed by atoms with Gasteiger partial charge in [-0.2, -0.15) is 0 Å². The zero-order valence-electron chi connectivity index (χ0n) is 14.2. The molecule has 4 rings (SSSR count). The second kappa shape index (κ2) is 6.73. The van der Waals surface area contributed by atoms with Crippen LogP contribution in [0.1, 0.15) is 29.0 Å². The predicted octanol–water partition coefficient (Wildman–Crippen LogP) is 2.58. The summed E-state index contributed by atoms with van der Waals surface area (Å²) in [5.74, 6) is -0.358. The average molecular weight is 383 g/mol. The summed E-state index contributed by atoms with van der Waals surface area (Å²) in [6.45, 7) is 1.85. The first-order chi connectivity index (χ1) is 13.0. The van der Waals surface area contributed by atoms with Gasteiger partial charge >= 0.3 is 5.69 Å². The number of nitrogens with zero attached hydrogens (tertiary/aromatic N) is 3. The van der Waals surface area contributed by atoms with Crippen molar-refractivity contribution in [2.45, 2.75) is 13.0 Å². The highest BCUT2D eigenvalue weighted by molar-refractivity contribution is 6.32. The van der Waals surface area contributed by atoms with E-state index in [4.69, 9.17) is 11.6 Å². The van der Waals surface area contributed by atoms with Crippen molar-refractivity contribution >= 4 is 28.5 Å². The molecule has 1 amide bonds. The molecule has 8 nitrogen and oxygen atoms in total. The molecule has 3 N–H and O–H groups in total. The number of H-pyrrole nitrogens is 2. The molecular weight excluding hydrogens is 368 g/mol. The van der Waals surface area contributed by atoms with Gasteiger partial charge in [-0.05, 0) is 36.8 Å². The molecule has 1 unspecified atom stereocenters. The van der Waals surface area contributed by atoms with Gasteiger partial charge in [0.05, 0.1) is 34.0 Å². The molecule has 27 heavy (non-hydrogen) atoms. The lowest BCUT2D eigenvalue weighted by Gasteiger charge is -2.13. The fourth-order valence-corrected chi connectivity index (χ4v) is 3.02. The van der Waals surface area contributed by atoms with Gasteiger partial charge in [0.25, 0.3) is 5.91 Å². The van der Waals surface area contributed by atoms with E-state index in [9.17, 15) is 9.59 Å². The molecule has 2 heterocycles. The number of hydrogen-bond acceptors (Lipinski definition) is 4. The highest BCUT2D eigenvalue weighted by atomic mass is 35.5. The Hall–Kier alpha value is -3.39. The van der Waals surface area contributed by atoms with Crippen LogP contribution in [0.25, 0.3) is 16.7 Å². The first-order valence-corrected chi connectivity index (χ1v) is 8.59. The van der Waals surface area contributed by atoms with E-state index in [0.29, 0.717) is 21.7 Å². The van der Waals surface area contributed by atoms with Gasteiger partial charge in [0.15, 0.2) is 5.69 Å². The Morgan fingerprint density at radius 1 is 1.19 bits per heavy atom. The molecule has 0 aliphatic rings. The number of aromatic nitrogens is 5. The van der Waals surface area contributed by atoms with Crippen LogP contribution in [-0.4, -0.2) is 30.9 Å². The maximum Gasteiger partial charge on any atom is 0.323 e. The molecule has 0 spiro atoms. The molecule has 0 aliphatic heterocycles. The Labute approximate surface area is 158 Å². The smallest absolute Gasteiger partial charge is 0.323 e. The van der Waals surface area contributed by atoms with Crippen molar-refractivity contribution in [1.82, 2.24) is 30.3 Å². The van der Waals surface area contributed by atoms with Crippen molar-refractivity contribution in [1.29, 1.82) is 0 Å². The van der Waals surface area contributed by atoms with E-state index in [1.165, 1.54) is 10.9 Å². The lowest BCUT2D eigenvalue weighted by molar-refractivity contribution is 0.0935. The summed E-state index contributed by atoms with van der Waals surface area (Å²) in [5, 5.41) is 11.3. The summed E-state index contributed by atoms with van der Waals surface area (Å²) in [5.41, 5.74) is 2.80. The molecule has 0 bridgehead atoms. The summed E-state index contributed by atoms with van der Waals surface area (Å²) >= 11 is 6.14. The van der Waals surface area contributed by atoms with Gasteiger partial charge in [-0.25, -0.2) is 9.48 Å². The minimum atomic E-state index is -0.358. The van der Waals surface area contributed by atoms with Crippen molar-refractivity contribution < 1.29 is 4.79 Å². The third kappa shape index (κ3) is 3.34. The minimum Gasteiger partial charge on any atom is -0.344 e. The molecule has 0 saturated carbocycles. The van der Waals surface area contributed by atoms with Gasteiger partial charge in [-0.1, -0.05) is 35.0 Å². The first kappa shape index (κ1) is 17.0. The van der Waals surface area contributed by atoms with Crippen molar-refractivity contribution in [2.75, 3.05) is 0 Å². The van der Waals surface area contributed by atoms with Gasteiger partial charge in [0.2, 0.25) is 0 Å². The van der Waals surface area contributed by atoms with Crippen molar-refractivity contribution in [3.63, 3.8) is 0 Å².